The zero-order valence-electron chi connectivity index (χ0n) is 8.45. The minimum Gasteiger partial charge on any atom is -0.394 e. The second kappa shape index (κ2) is 5.58. The van der Waals surface area contributed by atoms with Gasteiger partial charge in [-0.2, -0.15) is 0 Å². The zero-order valence-corrected chi connectivity index (χ0v) is 8.45. The highest BCUT2D eigenvalue weighted by Crippen LogP contribution is 2.23. The molecule has 3 heteroatoms. The van der Waals surface area contributed by atoms with Crippen LogP contribution in [-0.4, -0.2) is 47.0 Å². The number of rotatable bonds is 5. The van der Waals surface area contributed by atoms with Crippen molar-refractivity contribution in [3.63, 3.8) is 0 Å². The summed E-state index contributed by atoms with van der Waals surface area (Å²) in [6.07, 6.45) is 4.57. The lowest BCUT2D eigenvalue weighted by Gasteiger charge is -2.28. The van der Waals surface area contributed by atoms with Gasteiger partial charge in [0, 0.05) is 12.6 Å². The van der Waals surface area contributed by atoms with Gasteiger partial charge in [-0.25, -0.2) is 0 Å². The summed E-state index contributed by atoms with van der Waals surface area (Å²) in [7, 11) is 0. The van der Waals surface area contributed by atoms with E-state index < -0.39 is 6.10 Å². The van der Waals surface area contributed by atoms with Gasteiger partial charge in [-0.3, -0.25) is 4.90 Å². The molecule has 0 aromatic heterocycles. The van der Waals surface area contributed by atoms with E-state index in [0.29, 0.717) is 12.6 Å². The summed E-state index contributed by atoms with van der Waals surface area (Å²) in [6.45, 7) is 3.59. The van der Waals surface area contributed by atoms with Crippen LogP contribution in [0.15, 0.2) is 0 Å². The Morgan fingerprint density at radius 2 is 2.00 bits per heavy atom. The van der Waals surface area contributed by atoms with Crippen molar-refractivity contribution in [2.24, 2.45) is 0 Å². The second-order valence-corrected chi connectivity index (χ2v) is 3.86. The van der Waals surface area contributed by atoms with Crippen molar-refractivity contribution in [3.05, 3.63) is 0 Å². The lowest BCUT2D eigenvalue weighted by atomic mass is 10.2. The van der Waals surface area contributed by atoms with Gasteiger partial charge < -0.3 is 10.2 Å². The molecule has 1 aliphatic rings. The van der Waals surface area contributed by atoms with Gasteiger partial charge in [-0.1, -0.05) is 19.8 Å². The Labute approximate surface area is 80.4 Å². The minimum absolute atomic E-state index is 0.122. The number of nitrogens with zero attached hydrogens (tertiary/aromatic N) is 1. The van der Waals surface area contributed by atoms with E-state index in [1.165, 1.54) is 25.7 Å². The maximum atomic E-state index is 9.33. The highest BCUT2D eigenvalue weighted by molar-refractivity contribution is 4.78. The molecule has 1 aliphatic carbocycles. The summed E-state index contributed by atoms with van der Waals surface area (Å²) in [5, 5.41) is 18.1. The Morgan fingerprint density at radius 1 is 1.38 bits per heavy atom. The fraction of sp³-hybridized carbons (Fsp3) is 1.00. The largest absolute Gasteiger partial charge is 0.394 e. The van der Waals surface area contributed by atoms with Crippen LogP contribution < -0.4 is 0 Å². The Bertz CT molecular complexity index is 135. The molecular formula is C10H21NO2. The first-order chi connectivity index (χ1) is 6.27. The van der Waals surface area contributed by atoms with Gasteiger partial charge in [0.25, 0.3) is 0 Å². The molecule has 78 valence electrons. The molecule has 0 heterocycles. The molecule has 2 N–H and O–H groups in total. The lowest BCUT2D eigenvalue weighted by molar-refractivity contribution is 0.0472. The normalized spacial score (nSPS) is 21.2. The van der Waals surface area contributed by atoms with Crippen molar-refractivity contribution in [1.29, 1.82) is 0 Å². The monoisotopic (exact) mass is 187 g/mol. The Morgan fingerprint density at radius 3 is 2.46 bits per heavy atom. The summed E-state index contributed by atoms with van der Waals surface area (Å²) in [4.78, 5) is 2.29. The van der Waals surface area contributed by atoms with Crippen molar-refractivity contribution in [2.45, 2.75) is 44.8 Å². The van der Waals surface area contributed by atoms with Gasteiger partial charge in [0.2, 0.25) is 0 Å². The third kappa shape index (κ3) is 3.25. The average molecular weight is 187 g/mol. The number of likely N-dealkylation sites (N-methyl/N-ethyl adjacent to an activating group) is 1. The highest BCUT2D eigenvalue weighted by Gasteiger charge is 2.22. The van der Waals surface area contributed by atoms with Crippen LogP contribution in [-0.2, 0) is 0 Å². The Kier molecular flexibility index (Phi) is 4.70. The van der Waals surface area contributed by atoms with E-state index in [4.69, 9.17) is 5.11 Å². The van der Waals surface area contributed by atoms with E-state index in [1.807, 2.05) is 0 Å². The molecule has 3 nitrogen and oxygen atoms in total. The molecule has 0 saturated heterocycles. The predicted octanol–water partition coefficient (Wildman–Crippen LogP) is 0.604. The van der Waals surface area contributed by atoms with Crippen molar-refractivity contribution >= 4 is 0 Å². The van der Waals surface area contributed by atoms with Crippen molar-refractivity contribution < 1.29 is 10.2 Å². The zero-order chi connectivity index (χ0) is 9.68. The van der Waals surface area contributed by atoms with E-state index in [1.54, 1.807) is 0 Å². The van der Waals surface area contributed by atoms with Gasteiger partial charge >= 0.3 is 0 Å². The summed E-state index contributed by atoms with van der Waals surface area (Å²) >= 11 is 0. The van der Waals surface area contributed by atoms with Crippen LogP contribution in [0, 0.1) is 0 Å². The van der Waals surface area contributed by atoms with Crippen LogP contribution in [0.1, 0.15) is 32.6 Å². The van der Waals surface area contributed by atoms with Gasteiger partial charge in [0.15, 0.2) is 0 Å². The van der Waals surface area contributed by atoms with Crippen LogP contribution in [0.4, 0.5) is 0 Å². The maximum absolute atomic E-state index is 9.33. The maximum Gasteiger partial charge on any atom is 0.0897 e. The molecule has 1 unspecified atom stereocenters. The molecule has 0 bridgehead atoms. The van der Waals surface area contributed by atoms with Crippen molar-refractivity contribution in [1.82, 2.24) is 4.90 Å². The third-order valence-electron chi connectivity index (χ3n) is 2.90. The first kappa shape index (κ1) is 11.0. The molecule has 0 amide bonds. The molecular weight excluding hydrogens is 166 g/mol. The molecule has 1 saturated carbocycles. The van der Waals surface area contributed by atoms with E-state index in [0.717, 1.165) is 6.54 Å². The SMILES string of the molecule is CCN(CC(O)CO)C1CCCC1. The molecule has 0 aliphatic heterocycles. The molecule has 0 aromatic rings. The predicted molar refractivity (Wildman–Crippen MR) is 52.6 cm³/mol. The van der Waals surface area contributed by atoms with Crippen LogP contribution >= 0.6 is 0 Å². The first-order valence-corrected chi connectivity index (χ1v) is 5.31. The van der Waals surface area contributed by atoms with Crippen LogP contribution in [0.5, 0.6) is 0 Å². The molecule has 1 fully saturated rings. The van der Waals surface area contributed by atoms with Gasteiger partial charge in [0.05, 0.1) is 12.7 Å². The first-order valence-electron chi connectivity index (χ1n) is 5.31. The van der Waals surface area contributed by atoms with Crippen LogP contribution in [0.3, 0.4) is 0 Å². The summed E-state index contributed by atoms with van der Waals surface area (Å²) in [6, 6.07) is 0.645. The standard InChI is InChI=1S/C10H21NO2/c1-2-11(7-10(13)8-12)9-5-3-4-6-9/h9-10,12-13H,2-8H2,1H3. The minimum atomic E-state index is -0.569. The molecule has 0 spiro atoms. The summed E-state index contributed by atoms with van der Waals surface area (Å²) in [5.74, 6) is 0. The average Bonchev–Trinajstić information content (AvgIpc) is 2.66. The third-order valence-corrected chi connectivity index (χ3v) is 2.90. The summed E-state index contributed by atoms with van der Waals surface area (Å²) < 4.78 is 0. The number of aliphatic hydroxyl groups excluding tert-OH is 2. The molecule has 1 rings (SSSR count). The Balaban J connectivity index is 2.32. The van der Waals surface area contributed by atoms with E-state index in [2.05, 4.69) is 11.8 Å². The number of hydrogen-bond donors (Lipinski definition) is 2. The highest BCUT2D eigenvalue weighted by atomic mass is 16.3. The van der Waals surface area contributed by atoms with E-state index in [-0.39, 0.29) is 6.61 Å². The molecule has 0 radical (unpaired) electrons. The molecule has 1 atom stereocenters. The smallest absolute Gasteiger partial charge is 0.0897 e. The lowest BCUT2D eigenvalue weighted by Crippen LogP contribution is -2.40. The summed E-state index contributed by atoms with van der Waals surface area (Å²) in [5.41, 5.74) is 0. The molecule has 13 heavy (non-hydrogen) atoms. The van der Waals surface area contributed by atoms with E-state index in [9.17, 15) is 5.11 Å². The fourth-order valence-corrected chi connectivity index (χ4v) is 2.13. The molecule has 0 aromatic carbocycles. The topological polar surface area (TPSA) is 43.7 Å². The quantitative estimate of drug-likeness (QED) is 0.662. The van der Waals surface area contributed by atoms with Gasteiger partial charge in [0.1, 0.15) is 0 Å². The fourth-order valence-electron chi connectivity index (χ4n) is 2.13. The van der Waals surface area contributed by atoms with Crippen LogP contribution in [0.25, 0.3) is 0 Å². The van der Waals surface area contributed by atoms with Crippen molar-refractivity contribution in [3.8, 4) is 0 Å². The number of aliphatic hydroxyl groups is 2. The van der Waals surface area contributed by atoms with E-state index >= 15 is 0 Å². The van der Waals surface area contributed by atoms with Gasteiger partial charge in [-0.15, -0.1) is 0 Å². The van der Waals surface area contributed by atoms with Crippen LogP contribution in [0.2, 0.25) is 0 Å². The van der Waals surface area contributed by atoms with Gasteiger partial charge in [-0.05, 0) is 19.4 Å². The number of hydrogen-bond acceptors (Lipinski definition) is 3. The second-order valence-electron chi connectivity index (χ2n) is 3.86. The Hall–Kier alpha value is -0.120. The van der Waals surface area contributed by atoms with Crippen molar-refractivity contribution in [2.75, 3.05) is 19.7 Å².